The van der Waals surface area contributed by atoms with E-state index in [-0.39, 0.29) is 0 Å². The molecule has 2 nitrogen and oxygen atoms in total. The molecule has 0 bridgehead atoms. The van der Waals surface area contributed by atoms with Gasteiger partial charge in [-0.2, -0.15) is 0 Å². The molecule has 1 atom stereocenters. The van der Waals surface area contributed by atoms with Crippen LogP contribution in [-0.2, 0) is 6.54 Å². The van der Waals surface area contributed by atoms with Gasteiger partial charge in [0.2, 0.25) is 0 Å². The van der Waals surface area contributed by atoms with E-state index in [1.165, 1.54) is 24.0 Å². The molecular formula is C15H25NO. The molecule has 0 saturated heterocycles. The quantitative estimate of drug-likeness (QED) is 0.780. The van der Waals surface area contributed by atoms with Crippen LogP contribution >= 0.6 is 0 Å². The Morgan fingerprint density at radius 2 is 2.12 bits per heavy atom. The Morgan fingerprint density at radius 3 is 2.76 bits per heavy atom. The van der Waals surface area contributed by atoms with Crippen LogP contribution < -0.4 is 10.1 Å². The predicted octanol–water partition coefficient (Wildman–Crippen LogP) is 3.53. The van der Waals surface area contributed by atoms with E-state index in [1.807, 2.05) is 7.05 Å². The van der Waals surface area contributed by atoms with Gasteiger partial charge in [0.15, 0.2) is 0 Å². The van der Waals surface area contributed by atoms with Crippen molar-refractivity contribution in [2.24, 2.45) is 5.92 Å². The monoisotopic (exact) mass is 235 g/mol. The molecule has 1 aromatic rings. The van der Waals surface area contributed by atoms with Crippen molar-refractivity contribution in [3.63, 3.8) is 0 Å². The minimum absolute atomic E-state index is 0.628. The van der Waals surface area contributed by atoms with Crippen LogP contribution in [0.4, 0.5) is 0 Å². The van der Waals surface area contributed by atoms with Crippen LogP contribution in [0.5, 0.6) is 5.75 Å². The average molecular weight is 235 g/mol. The van der Waals surface area contributed by atoms with Crippen LogP contribution in [0, 0.1) is 12.8 Å². The number of ether oxygens (including phenoxy) is 1. The molecule has 1 rings (SSSR count). The first kappa shape index (κ1) is 14.0. The summed E-state index contributed by atoms with van der Waals surface area (Å²) in [5.74, 6) is 1.65. The number of rotatable bonds is 7. The van der Waals surface area contributed by atoms with Gasteiger partial charge in [-0.1, -0.05) is 38.0 Å². The predicted molar refractivity (Wildman–Crippen MR) is 73.5 cm³/mol. The molecule has 0 amide bonds. The minimum atomic E-state index is 0.628. The molecule has 0 radical (unpaired) electrons. The van der Waals surface area contributed by atoms with Gasteiger partial charge in [-0.15, -0.1) is 0 Å². The average Bonchev–Trinajstić information content (AvgIpc) is 2.29. The Bertz CT molecular complexity index is 336. The highest BCUT2D eigenvalue weighted by Gasteiger charge is 2.06. The van der Waals surface area contributed by atoms with Crippen molar-refractivity contribution in [3.05, 3.63) is 29.3 Å². The van der Waals surface area contributed by atoms with E-state index in [9.17, 15) is 0 Å². The van der Waals surface area contributed by atoms with Gasteiger partial charge in [0.25, 0.3) is 0 Å². The van der Waals surface area contributed by atoms with Gasteiger partial charge in [-0.25, -0.2) is 0 Å². The summed E-state index contributed by atoms with van der Waals surface area (Å²) in [7, 11) is 1.96. The van der Waals surface area contributed by atoms with Crippen molar-refractivity contribution in [1.82, 2.24) is 5.32 Å². The Hall–Kier alpha value is -1.02. The van der Waals surface area contributed by atoms with E-state index in [0.29, 0.717) is 5.92 Å². The molecule has 0 spiro atoms. The number of hydrogen-bond acceptors (Lipinski definition) is 2. The fourth-order valence-corrected chi connectivity index (χ4v) is 1.99. The zero-order valence-corrected chi connectivity index (χ0v) is 11.5. The Labute approximate surface area is 105 Å². The van der Waals surface area contributed by atoms with Crippen molar-refractivity contribution >= 4 is 0 Å². The smallest absolute Gasteiger partial charge is 0.123 e. The van der Waals surface area contributed by atoms with E-state index in [4.69, 9.17) is 4.74 Å². The largest absolute Gasteiger partial charge is 0.493 e. The zero-order chi connectivity index (χ0) is 12.7. The molecule has 0 saturated carbocycles. The van der Waals surface area contributed by atoms with Gasteiger partial charge < -0.3 is 10.1 Å². The summed E-state index contributed by atoms with van der Waals surface area (Å²) in [5, 5.41) is 3.18. The highest BCUT2D eigenvalue weighted by Crippen LogP contribution is 2.21. The van der Waals surface area contributed by atoms with Crippen molar-refractivity contribution in [2.45, 2.75) is 40.2 Å². The lowest BCUT2D eigenvalue weighted by molar-refractivity contribution is 0.249. The number of benzene rings is 1. The van der Waals surface area contributed by atoms with E-state index < -0.39 is 0 Å². The van der Waals surface area contributed by atoms with Crippen LogP contribution in [0.25, 0.3) is 0 Å². The van der Waals surface area contributed by atoms with Gasteiger partial charge in [0.1, 0.15) is 5.75 Å². The summed E-state index contributed by atoms with van der Waals surface area (Å²) in [4.78, 5) is 0. The topological polar surface area (TPSA) is 21.3 Å². The lowest BCUT2D eigenvalue weighted by Gasteiger charge is -2.15. The molecule has 96 valence electrons. The summed E-state index contributed by atoms with van der Waals surface area (Å²) < 4.78 is 5.92. The Kier molecular flexibility index (Phi) is 6.06. The fraction of sp³-hybridized carbons (Fsp3) is 0.600. The maximum Gasteiger partial charge on any atom is 0.123 e. The first-order valence-corrected chi connectivity index (χ1v) is 6.54. The van der Waals surface area contributed by atoms with E-state index in [0.717, 1.165) is 18.9 Å². The number of nitrogens with one attached hydrogen (secondary N) is 1. The Morgan fingerprint density at radius 1 is 1.35 bits per heavy atom. The molecule has 0 aromatic heterocycles. The van der Waals surface area contributed by atoms with Crippen molar-refractivity contribution in [2.75, 3.05) is 13.7 Å². The first-order chi connectivity index (χ1) is 8.17. The van der Waals surface area contributed by atoms with Gasteiger partial charge >= 0.3 is 0 Å². The molecule has 0 aliphatic carbocycles. The maximum absolute atomic E-state index is 5.92. The zero-order valence-electron chi connectivity index (χ0n) is 11.5. The number of hydrogen-bond donors (Lipinski definition) is 1. The Balaban J connectivity index is 2.62. The van der Waals surface area contributed by atoms with Crippen LogP contribution in [0.2, 0.25) is 0 Å². The second-order valence-electron chi connectivity index (χ2n) is 4.85. The third-order valence-corrected chi connectivity index (χ3v) is 2.89. The molecule has 1 aromatic carbocycles. The van der Waals surface area contributed by atoms with Gasteiger partial charge in [-0.3, -0.25) is 0 Å². The highest BCUT2D eigenvalue weighted by molar-refractivity contribution is 5.36. The summed E-state index contributed by atoms with van der Waals surface area (Å²) in [6, 6.07) is 6.38. The molecule has 0 aliphatic rings. The summed E-state index contributed by atoms with van der Waals surface area (Å²) in [6.07, 6.45) is 2.45. The van der Waals surface area contributed by atoms with Gasteiger partial charge in [0, 0.05) is 12.1 Å². The van der Waals surface area contributed by atoms with Gasteiger partial charge in [-0.05, 0) is 32.4 Å². The third kappa shape index (κ3) is 4.78. The van der Waals surface area contributed by atoms with Crippen molar-refractivity contribution in [1.29, 1.82) is 0 Å². The number of aryl methyl sites for hydroxylation is 1. The summed E-state index contributed by atoms with van der Waals surface area (Å²) in [5.41, 5.74) is 2.53. The molecule has 1 unspecified atom stereocenters. The van der Waals surface area contributed by atoms with E-state index in [2.05, 4.69) is 44.3 Å². The lowest BCUT2D eigenvalue weighted by atomic mass is 10.1. The van der Waals surface area contributed by atoms with Gasteiger partial charge in [0.05, 0.1) is 6.61 Å². The normalized spacial score (nSPS) is 12.5. The summed E-state index contributed by atoms with van der Waals surface area (Å²) >= 11 is 0. The van der Waals surface area contributed by atoms with Crippen LogP contribution in [-0.4, -0.2) is 13.7 Å². The SMILES string of the molecule is CCCC(C)COc1ccc(C)cc1CNC. The molecule has 0 aliphatic heterocycles. The molecular weight excluding hydrogens is 210 g/mol. The van der Waals surface area contributed by atoms with Crippen LogP contribution in [0.15, 0.2) is 18.2 Å². The molecule has 17 heavy (non-hydrogen) atoms. The van der Waals surface area contributed by atoms with E-state index >= 15 is 0 Å². The minimum Gasteiger partial charge on any atom is -0.493 e. The second-order valence-corrected chi connectivity index (χ2v) is 4.85. The van der Waals surface area contributed by atoms with Crippen molar-refractivity contribution in [3.8, 4) is 5.75 Å². The molecule has 0 heterocycles. The van der Waals surface area contributed by atoms with Crippen LogP contribution in [0.3, 0.4) is 0 Å². The molecule has 1 N–H and O–H groups in total. The maximum atomic E-state index is 5.92. The highest BCUT2D eigenvalue weighted by atomic mass is 16.5. The summed E-state index contributed by atoms with van der Waals surface area (Å²) in [6.45, 7) is 8.25. The fourth-order valence-electron chi connectivity index (χ4n) is 1.99. The van der Waals surface area contributed by atoms with E-state index in [1.54, 1.807) is 0 Å². The van der Waals surface area contributed by atoms with Crippen molar-refractivity contribution < 1.29 is 4.74 Å². The van der Waals surface area contributed by atoms with Crippen LogP contribution in [0.1, 0.15) is 37.8 Å². The molecule has 0 fully saturated rings. The lowest BCUT2D eigenvalue weighted by Crippen LogP contribution is -2.12. The second kappa shape index (κ2) is 7.33. The third-order valence-electron chi connectivity index (χ3n) is 2.89. The standard InChI is InChI=1S/C15H25NO/c1-5-6-13(3)11-17-15-8-7-12(2)9-14(15)10-16-4/h7-9,13,16H,5-6,10-11H2,1-4H3. The first-order valence-electron chi connectivity index (χ1n) is 6.54. The molecule has 2 heteroatoms.